The summed E-state index contributed by atoms with van der Waals surface area (Å²) in [6.45, 7) is 3.86. The minimum atomic E-state index is -0.361. The van der Waals surface area contributed by atoms with Crippen LogP contribution < -0.4 is 4.74 Å². The van der Waals surface area contributed by atoms with E-state index in [9.17, 15) is 9.59 Å². The van der Waals surface area contributed by atoms with E-state index in [0.29, 0.717) is 32.6 Å². The first-order chi connectivity index (χ1) is 15.6. The van der Waals surface area contributed by atoms with Crippen LogP contribution in [0.4, 0.5) is 0 Å². The Morgan fingerprint density at radius 2 is 1.88 bits per heavy atom. The fourth-order valence-electron chi connectivity index (χ4n) is 4.25. The second-order valence-corrected chi connectivity index (χ2v) is 7.76. The van der Waals surface area contributed by atoms with E-state index in [1.165, 1.54) is 6.33 Å². The molecule has 4 rings (SSSR count). The van der Waals surface area contributed by atoms with Crippen molar-refractivity contribution < 1.29 is 14.3 Å². The summed E-state index contributed by atoms with van der Waals surface area (Å²) in [6.07, 6.45) is 1.83. The van der Waals surface area contributed by atoms with Gasteiger partial charge in [0.1, 0.15) is 12.1 Å². The summed E-state index contributed by atoms with van der Waals surface area (Å²) in [4.78, 5) is 33.8. The van der Waals surface area contributed by atoms with Crippen LogP contribution >= 0.6 is 0 Å². The van der Waals surface area contributed by atoms with Gasteiger partial charge in [-0.2, -0.15) is 5.10 Å². The van der Waals surface area contributed by atoms with E-state index in [0.717, 1.165) is 22.4 Å². The molecule has 0 bridgehead atoms. The van der Waals surface area contributed by atoms with Gasteiger partial charge in [-0.25, -0.2) is 4.98 Å². The molecule has 0 saturated carbocycles. The van der Waals surface area contributed by atoms with Gasteiger partial charge in [-0.05, 0) is 30.5 Å². The van der Waals surface area contributed by atoms with E-state index >= 15 is 0 Å². The number of benzene rings is 2. The number of aromatic nitrogens is 3. The lowest BCUT2D eigenvalue weighted by atomic mass is 9.91. The number of hydrogen-bond donors (Lipinski definition) is 1. The first-order valence-electron chi connectivity index (χ1n) is 10.8. The van der Waals surface area contributed by atoms with E-state index in [2.05, 4.69) is 15.2 Å². The van der Waals surface area contributed by atoms with Gasteiger partial charge in [0, 0.05) is 31.7 Å². The Morgan fingerprint density at radius 1 is 1.12 bits per heavy atom. The van der Waals surface area contributed by atoms with Crippen molar-refractivity contribution in [2.24, 2.45) is 5.92 Å². The Hall–Kier alpha value is -3.68. The minimum Gasteiger partial charge on any atom is -0.496 e. The van der Waals surface area contributed by atoms with Crippen molar-refractivity contribution in [2.75, 3.05) is 33.3 Å². The summed E-state index contributed by atoms with van der Waals surface area (Å²) in [5, 5.41) is 6.42. The highest BCUT2D eigenvalue weighted by Gasteiger charge is 2.33. The summed E-state index contributed by atoms with van der Waals surface area (Å²) >= 11 is 0. The summed E-state index contributed by atoms with van der Waals surface area (Å²) in [5.41, 5.74) is 3.05. The average molecular weight is 434 g/mol. The van der Waals surface area contributed by atoms with Crippen LogP contribution in [-0.4, -0.2) is 70.1 Å². The Kier molecular flexibility index (Phi) is 6.49. The second kappa shape index (κ2) is 9.64. The zero-order valence-electron chi connectivity index (χ0n) is 18.3. The maximum Gasteiger partial charge on any atom is 0.291 e. The molecule has 2 aromatic carbocycles. The van der Waals surface area contributed by atoms with Crippen LogP contribution in [0.15, 0.2) is 54.9 Å². The first kappa shape index (κ1) is 21.5. The molecule has 1 atom stereocenters. The Morgan fingerprint density at radius 3 is 2.59 bits per heavy atom. The summed E-state index contributed by atoms with van der Waals surface area (Å²) in [7, 11) is 1.66. The van der Waals surface area contributed by atoms with E-state index in [1.807, 2.05) is 60.4 Å². The van der Waals surface area contributed by atoms with Crippen LogP contribution in [-0.2, 0) is 11.2 Å². The third kappa shape index (κ3) is 4.34. The predicted molar refractivity (Wildman–Crippen MR) is 120 cm³/mol. The quantitative estimate of drug-likeness (QED) is 0.645. The molecule has 1 aromatic heterocycles. The number of hydrogen-bond acceptors (Lipinski definition) is 5. The summed E-state index contributed by atoms with van der Waals surface area (Å²) < 4.78 is 5.57. The zero-order chi connectivity index (χ0) is 22.5. The highest BCUT2D eigenvalue weighted by Crippen LogP contribution is 2.33. The molecular weight excluding hydrogens is 406 g/mol. The number of amides is 2. The summed E-state index contributed by atoms with van der Waals surface area (Å²) in [6, 6.07) is 15.9. The monoisotopic (exact) mass is 433 g/mol. The molecule has 1 fully saturated rings. The van der Waals surface area contributed by atoms with Gasteiger partial charge in [-0.1, -0.05) is 42.5 Å². The smallest absolute Gasteiger partial charge is 0.291 e. The van der Waals surface area contributed by atoms with Gasteiger partial charge in [0.2, 0.25) is 11.7 Å². The third-order valence-corrected chi connectivity index (χ3v) is 5.91. The maximum absolute atomic E-state index is 13.3. The molecule has 1 aliphatic heterocycles. The van der Waals surface area contributed by atoms with Crippen molar-refractivity contribution in [1.29, 1.82) is 0 Å². The van der Waals surface area contributed by atoms with Gasteiger partial charge >= 0.3 is 0 Å². The number of para-hydroxylation sites is 1. The van der Waals surface area contributed by atoms with Gasteiger partial charge in [-0.3, -0.25) is 14.7 Å². The van der Waals surface area contributed by atoms with Crippen LogP contribution in [0.25, 0.3) is 11.1 Å². The topological polar surface area (TPSA) is 91.4 Å². The molecule has 3 aromatic rings. The molecule has 8 nitrogen and oxygen atoms in total. The second-order valence-electron chi connectivity index (χ2n) is 7.76. The van der Waals surface area contributed by atoms with Crippen molar-refractivity contribution in [3.63, 3.8) is 0 Å². The average Bonchev–Trinajstić information content (AvgIpc) is 3.32. The van der Waals surface area contributed by atoms with Gasteiger partial charge in [-0.15, -0.1) is 0 Å². The molecule has 1 saturated heterocycles. The molecule has 32 heavy (non-hydrogen) atoms. The molecule has 0 unspecified atom stereocenters. The maximum atomic E-state index is 13.3. The normalized spacial score (nSPS) is 16.7. The number of rotatable bonds is 6. The largest absolute Gasteiger partial charge is 0.496 e. The summed E-state index contributed by atoms with van der Waals surface area (Å²) in [5.74, 6) is 0.437. The number of carbonyl (C=O) groups excluding carboxylic acids is 2. The molecule has 8 heteroatoms. The lowest BCUT2D eigenvalue weighted by Gasteiger charge is -2.24. The Balaban J connectivity index is 1.66. The van der Waals surface area contributed by atoms with Crippen LogP contribution in [0.1, 0.15) is 23.1 Å². The first-order valence-corrected chi connectivity index (χ1v) is 10.8. The fourth-order valence-corrected chi connectivity index (χ4v) is 4.25. The van der Waals surface area contributed by atoms with Crippen LogP contribution in [0.5, 0.6) is 5.75 Å². The minimum absolute atomic E-state index is 0.0650. The van der Waals surface area contributed by atoms with Crippen molar-refractivity contribution in [1.82, 2.24) is 25.0 Å². The number of nitrogens with one attached hydrogen (secondary N) is 1. The Bertz CT molecular complexity index is 1080. The molecule has 0 aliphatic carbocycles. The molecule has 0 spiro atoms. The molecule has 166 valence electrons. The number of nitrogens with zero attached hydrogens (tertiary/aromatic N) is 4. The molecule has 2 amide bonds. The SMILES string of the molecule is CCN1CCN(C(=O)c2ncn[nH]2)C[C@H](Cc2ccccc2-c2ccccc2OC)C1=O. The van der Waals surface area contributed by atoms with Crippen LogP contribution in [0.3, 0.4) is 0 Å². The lowest BCUT2D eigenvalue weighted by Crippen LogP contribution is -2.38. The van der Waals surface area contributed by atoms with E-state index in [4.69, 9.17) is 4.74 Å². The lowest BCUT2D eigenvalue weighted by molar-refractivity contribution is -0.134. The number of likely N-dealkylation sites (N-methyl/N-ethyl adjacent to an activating group) is 1. The highest BCUT2D eigenvalue weighted by atomic mass is 16.5. The van der Waals surface area contributed by atoms with Gasteiger partial charge in [0.25, 0.3) is 5.91 Å². The molecule has 0 radical (unpaired) electrons. The van der Waals surface area contributed by atoms with E-state index in [-0.39, 0.29) is 23.6 Å². The number of ether oxygens (including phenoxy) is 1. The number of carbonyl (C=O) groups is 2. The van der Waals surface area contributed by atoms with Gasteiger partial charge in [0.15, 0.2) is 0 Å². The number of methoxy groups -OCH3 is 1. The molecule has 1 N–H and O–H groups in total. The third-order valence-electron chi connectivity index (χ3n) is 5.91. The van der Waals surface area contributed by atoms with Crippen LogP contribution in [0, 0.1) is 5.92 Å². The predicted octanol–water partition coefficient (Wildman–Crippen LogP) is 2.64. The zero-order valence-corrected chi connectivity index (χ0v) is 18.3. The number of aromatic amines is 1. The van der Waals surface area contributed by atoms with Gasteiger partial charge in [0.05, 0.1) is 13.0 Å². The Labute approximate surface area is 187 Å². The molecular formula is C24H27N5O3. The van der Waals surface area contributed by atoms with Crippen molar-refractivity contribution in [3.05, 3.63) is 66.2 Å². The van der Waals surface area contributed by atoms with Crippen molar-refractivity contribution in [2.45, 2.75) is 13.3 Å². The van der Waals surface area contributed by atoms with E-state index < -0.39 is 0 Å². The van der Waals surface area contributed by atoms with E-state index in [1.54, 1.807) is 12.0 Å². The molecule has 1 aliphatic rings. The number of H-pyrrole nitrogens is 1. The molecule has 2 heterocycles. The van der Waals surface area contributed by atoms with Crippen molar-refractivity contribution >= 4 is 11.8 Å². The fraction of sp³-hybridized carbons (Fsp3) is 0.333. The standard InChI is InChI=1S/C24H27N5O3/c1-3-28-12-13-29(24(31)22-25-16-26-27-22)15-18(23(28)30)14-17-8-4-5-9-19(17)20-10-6-7-11-21(20)32-2/h4-11,16,18H,3,12-15H2,1-2H3,(H,25,26,27)/t18-/m0/s1. The van der Waals surface area contributed by atoms with Gasteiger partial charge < -0.3 is 14.5 Å². The highest BCUT2D eigenvalue weighted by molar-refractivity contribution is 5.91. The van der Waals surface area contributed by atoms with Crippen molar-refractivity contribution in [3.8, 4) is 16.9 Å². The van der Waals surface area contributed by atoms with Crippen LogP contribution in [0.2, 0.25) is 0 Å².